The Morgan fingerprint density at radius 2 is 1.81 bits per heavy atom. The highest BCUT2D eigenvalue weighted by molar-refractivity contribution is 7.89. The number of carbonyl (C=O) groups is 1. The van der Waals surface area contributed by atoms with Gasteiger partial charge in [-0.3, -0.25) is 9.69 Å². The lowest BCUT2D eigenvalue weighted by atomic mass is 10.1. The van der Waals surface area contributed by atoms with E-state index in [-0.39, 0.29) is 17.3 Å². The first-order valence-electron chi connectivity index (χ1n) is 10.6. The first-order valence-corrected chi connectivity index (χ1v) is 12.1. The minimum Gasteiger partial charge on any atom is -0.371 e. The Kier molecular flexibility index (Phi) is 7.35. The summed E-state index contributed by atoms with van der Waals surface area (Å²) in [6.07, 6.45) is 3.70. The first kappa shape index (κ1) is 23.2. The van der Waals surface area contributed by atoms with Crippen LogP contribution in [0.5, 0.6) is 0 Å². The van der Waals surface area contributed by atoms with Gasteiger partial charge in [0.05, 0.1) is 11.4 Å². The highest BCUT2D eigenvalue weighted by Crippen LogP contribution is 2.26. The van der Waals surface area contributed by atoms with Crippen LogP contribution >= 0.6 is 0 Å². The number of sulfonamides is 1. The number of hydrogen-bond donors (Lipinski definition) is 2. The summed E-state index contributed by atoms with van der Waals surface area (Å²) in [5.41, 5.74) is 4.48. The Balaban J connectivity index is 1.68. The molecule has 0 unspecified atom stereocenters. The molecular weight excluding hydrogens is 412 g/mol. The second kappa shape index (κ2) is 9.80. The van der Waals surface area contributed by atoms with Crippen molar-refractivity contribution in [3.63, 3.8) is 0 Å². The number of benzene rings is 2. The van der Waals surface area contributed by atoms with Gasteiger partial charge >= 0.3 is 0 Å². The quantitative estimate of drug-likeness (QED) is 0.684. The highest BCUT2D eigenvalue weighted by atomic mass is 32.2. The van der Waals surface area contributed by atoms with Crippen LogP contribution in [0.2, 0.25) is 0 Å². The summed E-state index contributed by atoms with van der Waals surface area (Å²) in [6.45, 7) is 6.61. The molecule has 2 aromatic rings. The SMILES string of the molecule is Cc1cc(S(N)(=O)=O)cc(NC(=O)CN(C)Cc2ccccc2N2CCCCC2)c1C. The van der Waals surface area contributed by atoms with Gasteiger partial charge in [0.1, 0.15) is 0 Å². The normalized spacial score (nSPS) is 14.7. The largest absolute Gasteiger partial charge is 0.371 e. The smallest absolute Gasteiger partial charge is 0.238 e. The zero-order chi connectivity index (χ0) is 22.6. The maximum absolute atomic E-state index is 12.7. The molecule has 0 aliphatic carbocycles. The molecule has 2 aromatic carbocycles. The molecule has 0 saturated carbocycles. The molecule has 8 heteroatoms. The van der Waals surface area contributed by atoms with Crippen molar-refractivity contribution < 1.29 is 13.2 Å². The van der Waals surface area contributed by atoms with Crippen molar-refractivity contribution >= 4 is 27.3 Å². The van der Waals surface area contributed by atoms with E-state index in [1.54, 1.807) is 6.92 Å². The maximum atomic E-state index is 12.7. The molecule has 0 spiro atoms. The summed E-state index contributed by atoms with van der Waals surface area (Å²) in [5.74, 6) is -0.202. The molecular formula is C23H32N4O3S. The van der Waals surface area contributed by atoms with E-state index in [1.807, 2.05) is 24.9 Å². The third kappa shape index (κ3) is 6.06. The number of nitrogens with two attached hydrogens (primary N) is 1. The van der Waals surface area contributed by atoms with E-state index in [4.69, 9.17) is 5.14 Å². The molecule has 168 valence electrons. The number of carbonyl (C=O) groups excluding carboxylic acids is 1. The molecule has 3 N–H and O–H groups in total. The molecule has 0 radical (unpaired) electrons. The number of likely N-dealkylation sites (N-methyl/N-ethyl adjacent to an activating group) is 1. The number of aryl methyl sites for hydroxylation is 1. The van der Waals surface area contributed by atoms with Crippen molar-refractivity contribution in [3.8, 4) is 0 Å². The number of piperidine rings is 1. The van der Waals surface area contributed by atoms with E-state index in [0.717, 1.165) is 24.2 Å². The highest BCUT2D eigenvalue weighted by Gasteiger charge is 2.17. The summed E-state index contributed by atoms with van der Waals surface area (Å²) in [4.78, 5) is 17.1. The van der Waals surface area contributed by atoms with Crippen LogP contribution in [-0.4, -0.2) is 45.9 Å². The lowest BCUT2D eigenvalue weighted by Crippen LogP contribution is -2.33. The predicted octanol–water partition coefficient (Wildman–Crippen LogP) is 3.01. The molecule has 0 aromatic heterocycles. The molecule has 31 heavy (non-hydrogen) atoms. The Morgan fingerprint density at radius 1 is 1.13 bits per heavy atom. The van der Waals surface area contributed by atoms with Gasteiger partial charge in [0, 0.05) is 31.0 Å². The number of para-hydroxylation sites is 1. The average Bonchev–Trinajstić information content (AvgIpc) is 2.71. The Morgan fingerprint density at radius 3 is 2.48 bits per heavy atom. The topological polar surface area (TPSA) is 95.7 Å². The van der Waals surface area contributed by atoms with Crippen LogP contribution in [0.3, 0.4) is 0 Å². The summed E-state index contributed by atoms with van der Waals surface area (Å²) < 4.78 is 23.5. The molecule has 3 rings (SSSR count). The van der Waals surface area contributed by atoms with Crippen molar-refractivity contribution in [3.05, 3.63) is 53.1 Å². The van der Waals surface area contributed by atoms with Crippen LogP contribution in [0.1, 0.15) is 36.0 Å². The van der Waals surface area contributed by atoms with Gasteiger partial charge in [-0.1, -0.05) is 18.2 Å². The fraction of sp³-hybridized carbons (Fsp3) is 0.435. The molecule has 1 aliphatic heterocycles. The van der Waals surface area contributed by atoms with Crippen LogP contribution in [0.4, 0.5) is 11.4 Å². The number of nitrogens with one attached hydrogen (secondary N) is 1. The Labute approximate surface area is 185 Å². The number of amides is 1. The second-order valence-electron chi connectivity index (χ2n) is 8.35. The van der Waals surface area contributed by atoms with Crippen molar-refractivity contribution in [1.29, 1.82) is 0 Å². The van der Waals surface area contributed by atoms with Gasteiger partial charge in [-0.2, -0.15) is 0 Å². The predicted molar refractivity (Wildman–Crippen MR) is 125 cm³/mol. The van der Waals surface area contributed by atoms with Gasteiger partial charge in [0.25, 0.3) is 0 Å². The molecule has 1 amide bonds. The Bertz CT molecular complexity index is 1050. The minimum absolute atomic E-state index is 0.00489. The fourth-order valence-electron chi connectivity index (χ4n) is 3.99. The van der Waals surface area contributed by atoms with E-state index in [1.165, 1.54) is 42.6 Å². The third-order valence-electron chi connectivity index (χ3n) is 5.79. The molecule has 7 nitrogen and oxygen atoms in total. The summed E-state index contributed by atoms with van der Waals surface area (Å²) in [7, 11) is -1.94. The molecule has 1 saturated heterocycles. The molecule has 0 atom stereocenters. The maximum Gasteiger partial charge on any atom is 0.238 e. The number of primary sulfonamides is 1. The zero-order valence-corrected chi connectivity index (χ0v) is 19.3. The van der Waals surface area contributed by atoms with Crippen LogP contribution in [0.15, 0.2) is 41.3 Å². The zero-order valence-electron chi connectivity index (χ0n) is 18.5. The molecule has 1 heterocycles. The van der Waals surface area contributed by atoms with Crippen molar-refractivity contribution in [2.45, 2.75) is 44.6 Å². The Hall–Kier alpha value is -2.42. The van der Waals surface area contributed by atoms with Crippen LogP contribution < -0.4 is 15.4 Å². The van der Waals surface area contributed by atoms with Gasteiger partial charge < -0.3 is 10.2 Å². The van der Waals surface area contributed by atoms with Crippen LogP contribution in [0.25, 0.3) is 0 Å². The van der Waals surface area contributed by atoms with Gasteiger partial charge in [-0.05, 0) is 75.0 Å². The number of hydrogen-bond acceptors (Lipinski definition) is 5. The van der Waals surface area contributed by atoms with E-state index in [2.05, 4.69) is 28.4 Å². The van der Waals surface area contributed by atoms with E-state index < -0.39 is 10.0 Å². The van der Waals surface area contributed by atoms with Crippen LogP contribution in [0, 0.1) is 13.8 Å². The summed E-state index contributed by atoms with van der Waals surface area (Å²) >= 11 is 0. The van der Waals surface area contributed by atoms with Gasteiger partial charge in [-0.15, -0.1) is 0 Å². The molecule has 1 fully saturated rings. The second-order valence-corrected chi connectivity index (χ2v) is 9.92. The van der Waals surface area contributed by atoms with Crippen LogP contribution in [-0.2, 0) is 21.4 Å². The molecule has 0 bridgehead atoms. The van der Waals surface area contributed by atoms with Crippen molar-refractivity contribution in [1.82, 2.24) is 4.90 Å². The summed E-state index contributed by atoms with van der Waals surface area (Å²) in [6, 6.07) is 11.3. The van der Waals surface area contributed by atoms with Gasteiger partial charge in [0.15, 0.2) is 0 Å². The van der Waals surface area contributed by atoms with Gasteiger partial charge in [0.2, 0.25) is 15.9 Å². The monoisotopic (exact) mass is 444 g/mol. The fourth-order valence-corrected chi connectivity index (χ4v) is 4.61. The summed E-state index contributed by atoms with van der Waals surface area (Å²) in [5, 5.41) is 8.11. The van der Waals surface area contributed by atoms with E-state index >= 15 is 0 Å². The van der Waals surface area contributed by atoms with Crippen molar-refractivity contribution in [2.75, 3.05) is 36.9 Å². The average molecular weight is 445 g/mol. The van der Waals surface area contributed by atoms with Crippen molar-refractivity contribution in [2.24, 2.45) is 5.14 Å². The van der Waals surface area contributed by atoms with E-state index in [9.17, 15) is 13.2 Å². The number of anilines is 2. The lowest BCUT2D eigenvalue weighted by molar-refractivity contribution is -0.117. The molecule has 1 aliphatic rings. The number of rotatable bonds is 7. The minimum atomic E-state index is -3.85. The van der Waals surface area contributed by atoms with Gasteiger partial charge in [-0.25, -0.2) is 13.6 Å². The van der Waals surface area contributed by atoms with E-state index in [0.29, 0.717) is 12.2 Å². The third-order valence-corrected chi connectivity index (χ3v) is 6.68. The number of nitrogens with zero attached hydrogens (tertiary/aromatic N) is 2. The first-order chi connectivity index (χ1) is 14.6. The lowest BCUT2D eigenvalue weighted by Gasteiger charge is -2.31. The standard InChI is InChI=1S/C23H32N4O3S/c1-17-13-20(31(24,29)30)14-21(18(17)2)25-23(28)16-26(3)15-19-9-5-6-10-22(19)27-11-7-4-8-12-27/h5-6,9-10,13-14H,4,7-8,11-12,15-16H2,1-3H3,(H,25,28)(H2,24,29,30).